The molecule has 0 aromatic carbocycles. The van der Waals surface area contributed by atoms with Crippen LogP contribution < -0.4 is 5.73 Å². The summed E-state index contributed by atoms with van der Waals surface area (Å²) in [4.78, 5) is 0. The van der Waals surface area contributed by atoms with Crippen molar-refractivity contribution in [3.05, 3.63) is 24.2 Å². The van der Waals surface area contributed by atoms with Crippen LogP contribution in [0.2, 0.25) is 0 Å². The van der Waals surface area contributed by atoms with Gasteiger partial charge in [-0.1, -0.05) is 0 Å². The maximum Gasteiger partial charge on any atom is 0.137 e. The molecule has 0 aliphatic carbocycles. The number of nitrogens with one attached hydrogen (secondary N) is 2. The fourth-order valence-electron chi connectivity index (χ4n) is 0.552. The normalized spacial score (nSPS) is 8.23. The van der Waals surface area contributed by atoms with E-state index in [9.17, 15) is 0 Å². The monoisotopic (exact) mass is 177 g/mol. The minimum absolute atomic E-state index is 0.326. The van der Waals surface area contributed by atoms with Crippen LogP contribution in [0.25, 0.3) is 0 Å². The first kappa shape index (κ1) is 8.73. The van der Waals surface area contributed by atoms with E-state index >= 15 is 0 Å². The zero-order valence-electron chi connectivity index (χ0n) is 6.60. The van der Waals surface area contributed by atoms with Crippen LogP contribution in [0, 0.1) is 11.3 Å². The van der Waals surface area contributed by atoms with Crippen molar-refractivity contribution in [1.82, 2.24) is 25.6 Å². The molecule has 0 atom stereocenters. The van der Waals surface area contributed by atoms with Gasteiger partial charge in [-0.15, -0.1) is 0 Å². The van der Waals surface area contributed by atoms with Gasteiger partial charge in [-0.05, 0) is 0 Å². The molecule has 0 radical (unpaired) electrons. The summed E-state index contributed by atoms with van der Waals surface area (Å²) in [6, 6.07) is 1.86. The molecule has 2 aromatic heterocycles. The highest BCUT2D eigenvalue weighted by Gasteiger charge is 1.94. The molecule has 0 bridgehead atoms. The molecule has 13 heavy (non-hydrogen) atoms. The number of aromatic amines is 2. The molecule has 0 fully saturated rings. The molecule has 0 aliphatic rings. The largest absolute Gasteiger partial charge is 0.383 e. The van der Waals surface area contributed by atoms with Crippen molar-refractivity contribution in [3.63, 3.8) is 0 Å². The second kappa shape index (κ2) is 4.50. The third-order valence-electron chi connectivity index (χ3n) is 1.12. The van der Waals surface area contributed by atoms with Crippen LogP contribution in [-0.4, -0.2) is 25.6 Å². The third kappa shape index (κ3) is 2.63. The van der Waals surface area contributed by atoms with Crippen LogP contribution in [0.4, 0.5) is 5.82 Å². The summed E-state index contributed by atoms with van der Waals surface area (Å²) in [6.07, 6.45) is 4.55. The lowest BCUT2D eigenvalue weighted by molar-refractivity contribution is 0.940. The zero-order valence-corrected chi connectivity index (χ0v) is 6.60. The van der Waals surface area contributed by atoms with E-state index in [2.05, 4.69) is 25.6 Å². The average molecular weight is 177 g/mol. The van der Waals surface area contributed by atoms with Crippen molar-refractivity contribution >= 4 is 5.82 Å². The Hall–Kier alpha value is -2.36. The molecule has 0 saturated heterocycles. The molecule has 2 rings (SSSR count). The Morgan fingerprint density at radius 2 is 2.00 bits per heavy atom. The highest BCUT2D eigenvalue weighted by atomic mass is 15.3. The van der Waals surface area contributed by atoms with E-state index in [0.717, 1.165) is 0 Å². The fourth-order valence-corrected chi connectivity index (χ4v) is 0.552. The van der Waals surface area contributed by atoms with Gasteiger partial charge in [0, 0.05) is 0 Å². The Balaban J connectivity index is 0.000000145. The molecule has 0 unspecified atom stereocenters. The zero-order chi connectivity index (χ0) is 9.52. The number of nitrogens with two attached hydrogens (primary N) is 1. The summed E-state index contributed by atoms with van der Waals surface area (Å²) >= 11 is 0. The summed E-state index contributed by atoms with van der Waals surface area (Å²) < 4.78 is 0. The first-order valence-electron chi connectivity index (χ1n) is 3.33. The van der Waals surface area contributed by atoms with E-state index in [1.54, 1.807) is 12.4 Å². The molecular weight excluding hydrogens is 170 g/mol. The van der Waals surface area contributed by atoms with Crippen molar-refractivity contribution in [3.8, 4) is 6.07 Å². The maximum absolute atomic E-state index is 8.22. The van der Waals surface area contributed by atoms with Gasteiger partial charge in [0.05, 0.1) is 18.6 Å². The Morgan fingerprint density at radius 3 is 2.23 bits per heavy atom. The minimum Gasteiger partial charge on any atom is -0.383 e. The van der Waals surface area contributed by atoms with Crippen LogP contribution in [0.1, 0.15) is 5.56 Å². The number of H-pyrrole nitrogens is 2. The Bertz CT molecular complexity index is 351. The Labute approximate surface area is 73.6 Å². The predicted molar refractivity (Wildman–Crippen MR) is 44.1 cm³/mol. The number of hydrogen-bond donors (Lipinski definition) is 3. The van der Waals surface area contributed by atoms with Gasteiger partial charge in [0.1, 0.15) is 17.5 Å². The highest BCUT2D eigenvalue weighted by Crippen LogP contribution is 2.01. The summed E-state index contributed by atoms with van der Waals surface area (Å²) in [5.74, 6) is 0.326. The van der Waals surface area contributed by atoms with Crippen molar-refractivity contribution in [2.45, 2.75) is 0 Å². The van der Waals surface area contributed by atoms with Crippen LogP contribution in [0.15, 0.2) is 18.6 Å². The lowest BCUT2D eigenvalue weighted by Crippen LogP contribution is -1.85. The van der Waals surface area contributed by atoms with Gasteiger partial charge >= 0.3 is 0 Å². The van der Waals surface area contributed by atoms with Crippen LogP contribution >= 0.6 is 0 Å². The van der Waals surface area contributed by atoms with E-state index < -0.39 is 0 Å². The van der Waals surface area contributed by atoms with Gasteiger partial charge in [-0.2, -0.15) is 25.8 Å². The van der Waals surface area contributed by atoms with Crippen molar-refractivity contribution < 1.29 is 0 Å². The average Bonchev–Trinajstić information content (AvgIpc) is 2.76. The van der Waals surface area contributed by atoms with Crippen molar-refractivity contribution in [2.24, 2.45) is 0 Å². The molecule has 4 N–H and O–H groups in total. The van der Waals surface area contributed by atoms with E-state index in [0.29, 0.717) is 11.4 Å². The lowest BCUT2D eigenvalue weighted by Gasteiger charge is -1.77. The van der Waals surface area contributed by atoms with E-state index in [1.807, 2.05) is 6.07 Å². The van der Waals surface area contributed by atoms with Gasteiger partial charge in [-0.25, -0.2) is 0 Å². The van der Waals surface area contributed by atoms with Gasteiger partial charge in [0.2, 0.25) is 0 Å². The number of nitriles is 1. The first-order chi connectivity index (χ1) is 6.34. The summed E-state index contributed by atoms with van der Waals surface area (Å²) in [7, 11) is 0. The molecule has 0 spiro atoms. The van der Waals surface area contributed by atoms with E-state index in [-0.39, 0.29) is 0 Å². The number of anilines is 1. The molecule has 0 aliphatic heterocycles. The molecule has 0 amide bonds. The summed E-state index contributed by atoms with van der Waals surface area (Å²) in [6.45, 7) is 0. The predicted octanol–water partition coefficient (Wildman–Crippen LogP) is -0.332. The molecule has 0 saturated carbocycles. The molecule has 7 heteroatoms. The lowest BCUT2D eigenvalue weighted by atomic mass is 10.4. The Morgan fingerprint density at radius 1 is 1.31 bits per heavy atom. The SMILES string of the molecule is N#Cc1cn[nH]c1N.c1cn[nH]n1. The van der Waals surface area contributed by atoms with Gasteiger partial charge in [-0.3, -0.25) is 5.10 Å². The summed E-state index contributed by atoms with van der Waals surface area (Å²) in [5.41, 5.74) is 5.60. The highest BCUT2D eigenvalue weighted by molar-refractivity contribution is 5.45. The van der Waals surface area contributed by atoms with Crippen LogP contribution in [-0.2, 0) is 0 Å². The number of rotatable bonds is 0. The van der Waals surface area contributed by atoms with Gasteiger partial charge in [0.25, 0.3) is 0 Å². The second-order valence-corrected chi connectivity index (χ2v) is 1.97. The number of nitrogens with zero attached hydrogens (tertiary/aromatic N) is 4. The number of hydrogen-bond acceptors (Lipinski definition) is 5. The third-order valence-corrected chi connectivity index (χ3v) is 1.12. The van der Waals surface area contributed by atoms with Crippen molar-refractivity contribution in [1.29, 1.82) is 5.26 Å². The fraction of sp³-hybridized carbons (Fsp3) is 0. The molecule has 2 aromatic rings. The molecular formula is C6H7N7. The number of nitrogen functional groups attached to an aromatic ring is 1. The van der Waals surface area contributed by atoms with Gasteiger partial charge < -0.3 is 5.73 Å². The molecule has 66 valence electrons. The Kier molecular flexibility index (Phi) is 3.03. The standard InChI is InChI=1S/C4H4N4.C2H3N3/c5-1-3-2-7-8-4(3)6;1-2-4-5-3-1/h2H,(H3,6,7,8);1-2H,(H,3,4,5). The topological polar surface area (TPSA) is 120 Å². The first-order valence-corrected chi connectivity index (χ1v) is 3.33. The summed E-state index contributed by atoms with van der Waals surface area (Å²) in [5, 5.41) is 23.5. The minimum atomic E-state index is 0.326. The second-order valence-electron chi connectivity index (χ2n) is 1.97. The molecule has 7 nitrogen and oxygen atoms in total. The van der Waals surface area contributed by atoms with Gasteiger partial charge in [0.15, 0.2) is 0 Å². The van der Waals surface area contributed by atoms with Crippen LogP contribution in [0.3, 0.4) is 0 Å². The molecule has 2 heterocycles. The van der Waals surface area contributed by atoms with Crippen LogP contribution in [0.5, 0.6) is 0 Å². The van der Waals surface area contributed by atoms with Crippen molar-refractivity contribution in [2.75, 3.05) is 5.73 Å². The number of aromatic nitrogens is 5. The quantitative estimate of drug-likeness (QED) is 0.508. The van der Waals surface area contributed by atoms with E-state index in [1.165, 1.54) is 6.20 Å². The van der Waals surface area contributed by atoms with E-state index in [4.69, 9.17) is 11.0 Å². The maximum atomic E-state index is 8.22. The smallest absolute Gasteiger partial charge is 0.137 e.